The SMILES string of the molecule is CCc1ccc(O[C@@H](C)C(=O)NCc2nnc(SCC(=O)Nc3nc(-c4ccc(Br)cc4)cs3)n2CC)cc1. The number of aromatic nitrogens is 4. The zero-order valence-electron chi connectivity index (χ0n) is 21.8. The molecule has 2 amide bonds. The number of thiazole rings is 1. The van der Waals surface area contributed by atoms with Crippen molar-refractivity contribution < 1.29 is 14.3 Å². The van der Waals surface area contributed by atoms with Gasteiger partial charge in [-0.2, -0.15) is 0 Å². The summed E-state index contributed by atoms with van der Waals surface area (Å²) in [5, 5.41) is 17.2. The highest BCUT2D eigenvalue weighted by Gasteiger charge is 2.18. The Morgan fingerprint density at radius 2 is 1.85 bits per heavy atom. The molecule has 9 nitrogen and oxygen atoms in total. The molecule has 0 aliphatic heterocycles. The third-order valence-electron chi connectivity index (χ3n) is 5.77. The highest BCUT2D eigenvalue weighted by molar-refractivity contribution is 9.10. The van der Waals surface area contributed by atoms with Crippen molar-refractivity contribution in [2.24, 2.45) is 0 Å². The summed E-state index contributed by atoms with van der Waals surface area (Å²) < 4.78 is 8.63. The highest BCUT2D eigenvalue weighted by Crippen LogP contribution is 2.26. The first-order chi connectivity index (χ1) is 18.9. The molecule has 0 aliphatic carbocycles. The number of benzene rings is 2. The quantitative estimate of drug-likeness (QED) is 0.198. The molecule has 1 atom stereocenters. The minimum atomic E-state index is -0.664. The van der Waals surface area contributed by atoms with Gasteiger partial charge in [-0.1, -0.05) is 58.9 Å². The Morgan fingerprint density at radius 1 is 1.10 bits per heavy atom. The van der Waals surface area contributed by atoms with Crippen LogP contribution in [0.5, 0.6) is 5.75 Å². The predicted octanol–water partition coefficient (Wildman–Crippen LogP) is 5.56. The predicted molar refractivity (Wildman–Crippen MR) is 158 cm³/mol. The van der Waals surface area contributed by atoms with Gasteiger partial charge >= 0.3 is 0 Å². The number of hydrogen-bond donors (Lipinski definition) is 2. The summed E-state index contributed by atoms with van der Waals surface area (Å²) in [6.07, 6.45) is 0.280. The van der Waals surface area contributed by atoms with Crippen LogP contribution in [0.15, 0.2) is 63.5 Å². The van der Waals surface area contributed by atoms with Gasteiger partial charge in [0.25, 0.3) is 5.91 Å². The van der Waals surface area contributed by atoms with Crippen molar-refractivity contribution in [1.82, 2.24) is 25.1 Å². The topological polar surface area (TPSA) is 111 Å². The molecule has 0 unspecified atom stereocenters. The van der Waals surface area contributed by atoms with E-state index in [-0.39, 0.29) is 24.1 Å². The summed E-state index contributed by atoms with van der Waals surface area (Å²) in [5.41, 5.74) is 2.99. The largest absolute Gasteiger partial charge is 0.481 e. The molecule has 0 saturated heterocycles. The molecule has 0 saturated carbocycles. The molecule has 0 bridgehead atoms. The fraction of sp³-hybridized carbons (Fsp3) is 0.296. The summed E-state index contributed by atoms with van der Waals surface area (Å²) in [6.45, 7) is 6.55. The minimum Gasteiger partial charge on any atom is -0.481 e. The maximum absolute atomic E-state index is 12.6. The number of nitrogens with zero attached hydrogens (tertiary/aromatic N) is 4. The van der Waals surface area contributed by atoms with Gasteiger partial charge in [-0.15, -0.1) is 21.5 Å². The molecule has 204 valence electrons. The van der Waals surface area contributed by atoms with Gasteiger partial charge in [-0.3, -0.25) is 9.59 Å². The summed E-state index contributed by atoms with van der Waals surface area (Å²) in [7, 11) is 0. The number of aryl methyl sites for hydroxylation is 1. The third-order valence-corrected chi connectivity index (χ3v) is 8.02. The number of amides is 2. The Hall–Kier alpha value is -3.22. The molecule has 0 fully saturated rings. The van der Waals surface area contributed by atoms with E-state index in [1.807, 2.05) is 65.4 Å². The molecular weight excluding hydrogens is 600 g/mol. The van der Waals surface area contributed by atoms with Crippen molar-refractivity contribution in [2.45, 2.75) is 51.5 Å². The van der Waals surface area contributed by atoms with E-state index >= 15 is 0 Å². The number of nitrogens with one attached hydrogen (secondary N) is 2. The normalized spacial score (nSPS) is 11.7. The van der Waals surface area contributed by atoms with Crippen molar-refractivity contribution in [1.29, 1.82) is 0 Å². The van der Waals surface area contributed by atoms with Gasteiger partial charge in [0, 0.05) is 22.0 Å². The van der Waals surface area contributed by atoms with Crippen LogP contribution in [0.25, 0.3) is 11.3 Å². The fourth-order valence-corrected chi connectivity index (χ4v) is 5.44. The van der Waals surface area contributed by atoms with E-state index in [0.29, 0.717) is 28.4 Å². The highest BCUT2D eigenvalue weighted by atomic mass is 79.9. The number of ether oxygens (including phenoxy) is 1. The third kappa shape index (κ3) is 7.90. The van der Waals surface area contributed by atoms with E-state index in [1.54, 1.807) is 6.92 Å². The van der Waals surface area contributed by atoms with E-state index in [1.165, 1.54) is 28.7 Å². The summed E-state index contributed by atoms with van der Waals surface area (Å²) in [5.74, 6) is 0.965. The minimum absolute atomic E-state index is 0.152. The second-order valence-electron chi connectivity index (χ2n) is 8.50. The van der Waals surface area contributed by atoms with E-state index < -0.39 is 6.10 Å². The van der Waals surface area contributed by atoms with Crippen LogP contribution in [0, 0.1) is 0 Å². The number of hydrogen-bond acceptors (Lipinski definition) is 8. The van der Waals surface area contributed by atoms with Crippen molar-refractivity contribution in [3.63, 3.8) is 0 Å². The van der Waals surface area contributed by atoms with Crippen molar-refractivity contribution >= 4 is 56.0 Å². The Kier molecular flexibility index (Phi) is 10.1. The van der Waals surface area contributed by atoms with Gasteiger partial charge in [0.05, 0.1) is 18.0 Å². The van der Waals surface area contributed by atoms with E-state index in [4.69, 9.17) is 4.74 Å². The van der Waals surface area contributed by atoms with Crippen LogP contribution in [-0.2, 0) is 29.1 Å². The standard InChI is InChI=1S/C27H29BrN6O3S2/c1-4-18-6-12-21(13-7-18)37-17(3)25(36)29-14-23-32-33-27(34(23)5-2)39-16-24(35)31-26-30-22(15-38-26)19-8-10-20(28)11-9-19/h6-13,15,17H,4-5,14,16H2,1-3H3,(H,29,36)(H,30,31,35)/t17-/m0/s1. The van der Waals surface area contributed by atoms with Gasteiger partial charge in [-0.25, -0.2) is 4.98 Å². The van der Waals surface area contributed by atoms with Gasteiger partial charge in [0.1, 0.15) is 5.75 Å². The molecular formula is C27H29BrN6O3S2. The van der Waals surface area contributed by atoms with Gasteiger partial charge in [0.15, 0.2) is 22.2 Å². The zero-order valence-corrected chi connectivity index (χ0v) is 25.0. The first-order valence-electron chi connectivity index (χ1n) is 12.5. The Labute approximate surface area is 243 Å². The Morgan fingerprint density at radius 3 is 2.54 bits per heavy atom. The van der Waals surface area contributed by atoms with Crippen LogP contribution in [0.1, 0.15) is 32.2 Å². The Balaban J connectivity index is 1.26. The molecule has 0 spiro atoms. The summed E-state index contributed by atoms with van der Waals surface area (Å²) in [6, 6.07) is 15.6. The lowest BCUT2D eigenvalue weighted by atomic mass is 10.2. The molecule has 2 aromatic carbocycles. The van der Waals surface area contributed by atoms with Crippen molar-refractivity contribution in [3.05, 3.63) is 69.8 Å². The van der Waals surface area contributed by atoms with Crippen molar-refractivity contribution in [3.8, 4) is 17.0 Å². The van der Waals surface area contributed by atoms with Crippen LogP contribution in [0.2, 0.25) is 0 Å². The second kappa shape index (κ2) is 13.7. The molecule has 12 heteroatoms. The number of thioether (sulfide) groups is 1. The van der Waals surface area contributed by atoms with Crippen molar-refractivity contribution in [2.75, 3.05) is 11.1 Å². The molecule has 0 aliphatic rings. The monoisotopic (exact) mass is 628 g/mol. The number of carbonyl (C=O) groups is 2. The number of rotatable bonds is 12. The van der Waals surface area contributed by atoms with Crippen LogP contribution >= 0.6 is 39.0 Å². The summed E-state index contributed by atoms with van der Waals surface area (Å²) in [4.78, 5) is 29.7. The molecule has 2 N–H and O–H groups in total. The maximum atomic E-state index is 12.6. The van der Waals surface area contributed by atoms with Crippen LogP contribution < -0.4 is 15.4 Å². The van der Waals surface area contributed by atoms with E-state index in [2.05, 4.69) is 48.7 Å². The molecule has 4 rings (SSSR count). The summed E-state index contributed by atoms with van der Waals surface area (Å²) >= 11 is 6.08. The van der Waals surface area contributed by atoms with Crippen LogP contribution in [0.3, 0.4) is 0 Å². The maximum Gasteiger partial charge on any atom is 0.261 e. The molecule has 39 heavy (non-hydrogen) atoms. The Bertz CT molecular complexity index is 1410. The van der Waals surface area contributed by atoms with E-state index in [0.717, 1.165) is 22.2 Å². The first-order valence-corrected chi connectivity index (χ1v) is 15.1. The lowest BCUT2D eigenvalue weighted by Crippen LogP contribution is -2.36. The molecule has 2 aromatic heterocycles. The number of carbonyl (C=O) groups excluding carboxylic acids is 2. The van der Waals surface area contributed by atoms with Gasteiger partial charge < -0.3 is 19.9 Å². The van der Waals surface area contributed by atoms with Crippen LogP contribution in [-0.4, -0.2) is 43.4 Å². The van der Waals surface area contributed by atoms with Gasteiger partial charge in [-0.05, 0) is 50.1 Å². The first kappa shape index (κ1) is 28.8. The average molecular weight is 630 g/mol. The smallest absolute Gasteiger partial charge is 0.261 e. The van der Waals surface area contributed by atoms with E-state index in [9.17, 15) is 9.59 Å². The lowest BCUT2D eigenvalue weighted by Gasteiger charge is -2.15. The molecule has 2 heterocycles. The molecule has 4 aromatic rings. The fourth-order valence-electron chi connectivity index (χ4n) is 3.62. The lowest BCUT2D eigenvalue weighted by molar-refractivity contribution is -0.127. The van der Waals surface area contributed by atoms with Crippen LogP contribution in [0.4, 0.5) is 5.13 Å². The zero-order chi connectivity index (χ0) is 27.8. The molecule has 0 radical (unpaired) electrons. The average Bonchev–Trinajstić information content (AvgIpc) is 3.57. The number of anilines is 1. The number of halogens is 1. The second-order valence-corrected chi connectivity index (χ2v) is 11.2. The van der Waals surface area contributed by atoms with Gasteiger partial charge in [0.2, 0.25) is 5.91 Å².